The number of aryl methyl sites for hydroxylation is 2. The molecule has 2 rings (SSSR count). The highest BCUT2D eigenvalue weighted by atomic mass is 31.1. The molecule has 0 amide bonds. The molecule has 1 saturated heterocycles. The minimum Gasteiger partial charge on any atom is -0.303 e. The predicted molar refractivity (Wildman–Crippen MR) is 78.5 cm³/mol. The van der Waals surface area contributed by atoms with Crippen LogP contribution in [-0.2, 0) is 12.8 Å². The van der Waals surface area contributed by atoms with Crippen LogP contribution in [0.3, 0.4) is 0 Å². The lowest BCUT2D eigenvalue weighted by Crippen LogP contribution is -2.32. The van der Waals surface area contributed by atoms with Crippen molar-refractivity contribution in [1.29, 1.82) is 0 Å². The van der Waals surface area contributed by atoms with Crippen LogP contribution < -0.4 is 0 Å². The normalized spacial score (nSPS) is 16.8. The van der Waals surface area contributed by atoms with E-state index in [1.54, 1.807) is 12.1 Å². The lowest BCUT2D eigenvalue weighted by atomic mass is 10.0. The number of halogens is 2. The molecule has 1 aromatic carbocycles. The molecular formula is C15H22F2NP. The molecule has 1 fully saturated rings. The van der Waals surface area contributed by atoms with Crippen LogP contribution in [0, 0.1) is 11.6 Å². The van der Waals surface area contributed by atoms with Crippen LogP contribution in [-0.4, -0.2) is 36.9 Å². The highest BCUT2D eigenvalue weighted by molar-refractivity contribution is 7.38. The summed E-state index contributed by atoms with van der Waals surface area (Å²) in [5, 5.41) is 0. The molecule has 0 N–H and O–H groups in total. The molecule has 1 heterocycles. The van der Waals surface area contributed by atoms with Crippen LogP contribution in [0.25, 0.3) is 0 Å². The second kappa shape index (κ2) is 7.31. The quantitative estimate of drug-likeness (QED) is 0.749. The highest BCUT2D eigenvalue weighted by Crippen LogP contribution is 2.19. The number of nitrogens with zero attached hydrogens (tertiary/aromatic N) is 1. The van der Waals surface area contributed by atoms with Gasteiger partial charge in [-0.15, -0.1) is 8.58 Å². The maximum atomic E-state index is 13.8. The molecule has 0 saturated carbocycles. The fraction of sp³-hybridized carbons (Fsp3) is 0.600. The zero-order valence-electron chi connectivity index (χ0n) is 11.5. The first kappa shape index (κ1) is 14.9. The van der Waals surface area contributed by atoms with E-state index in [1.807, 2.05) is 6.92 Å². The minimum absolute atomic E-state index is 0.471. The van der Waals surface area contributed by atoms with Gasteiger partial charge in [0.1, 0.15) is 0 Å². The summed E-state index contributed by atoms with van der Waals surface area (Å²) in [5.41, 5.74) is 0.992. The summed E-state index contributed by atoms with van der Waals surface area (Å²) in [6.45, 7) is 5.18. The van der Waals surface area contributed by atoms with Gasteiger partial charge in [-0.2, -0.15) is 0 Å². The molecule has 0 bridgehead atoms. The first-order chi connectivity index (χ1) is 9.22. The zero-order chi connectivity index (χ0) is 13.7. The van der Waals surface area contributed by atoms with Crippen molar-refractivity contribution >= 4 is 8.58 Å². The Balaban J connectivity index is 1.87. The molecule has 1 nitrogen and oxygen atoms in total. The summed E-state index contributed by atoms with van der Waals surface area (Å²) in [5.74, 6) is -1.29. The third-order valence-electron chi connectivity index (χ3n) is 3.75. The van der Waals surface area contributed by atoms with Crippen LogP contribution in [0.5, 0.6) is 0 Å². The molecule has 1 aromatic rings. The largest absolute Gasteiger partial charge is 0.303 e. The second-order valence-corrected chi connectivity index (χ2v) is 6.56. The molecule has 0 atom stereocenters. The Hall–Kier alpha value is -0.530. The predicted octanol–water partition coefficient (Wildman–Crippen LogP) is 3.45. The van der Waals surface area contributed by atoms with Gasteiger partial charge in [0.15, 0.2) is 11.6 Å². The minimum atomic E-state index is -0.654. The van der Waals surface area contributed by atoms with E-state index in [9.17, 15) is 8.78 Å². The van der Waals surface area contributed by atoms with E-state index in [0.717, 1.165) is 21.5 Å². The topological polar surface area (TPSA) is 3.24 Å². The molecule has 0 radical (unpaired) electrons. The van der Waals surface area contributed by atoms with Gasteiger partial charge < -0.3 is 4.90 Å². The number of hydrogen-bond acceptors (Lipinski definition) is 1. The molecule has 1 aliphatic rings. The monoisotopic (exact) mass is 285 g/mol. The van der Waals surface area contributed by atoms with Crippen molar-refractivity contribution in [2.45, 2.75) is 26.2 Å². The first-order valence-corrected chi connectivity index (χ1v) is 8.52. The van der Waals surface area contributed by atoms with Gasteiger partial charge in [-0.1, -0.05) is 19.1 Å². The molecule has 19 heavy (non-hydrogen) atoms. The van der Waals surface area contributed by atoms with Crippen LogP contribution in [0.2, 0.25) is 0 Å². The van der Waals surface area contributed by atoms with Crippen molar-refractivity contribution in [2.75, 3.05) is 32.0 Å². The van der Waals surface area contributed by atoms with Crippen molar-refractivity contribution in [2.24, 2.45) is 0 Å². The molecule has 1 aliphatic heterocycles. The summed E-state index contributed by atoms with van der Waals surface area (Å²) in [6, 6.07) is 3.46. The standard InChI is InChI=1S/C15H22F2NP/c1-2-12-5-6-13(15(17)14(12)16)4-3-7-18-8-10-19-11-9-18/h5-6,19H,2-4,7-11H2,1H3. The molecule has 0 spiro atoms. The molecule has 0 aliphatic carbocycles. The summed E-state index contributed by atoms with van der Waals surface area (Å²) in [4.78, 5) is 2.44. The molecule has 106 valence electrons. The van der Waals surface area contributed by atoms with Gasteiger partial charge in [0.25, 0.3) is 0 Å². The molecular weight excluding hydrogens is 263 g/mol. The summed E-state index contributed by atoms with van der Waals surface area (Å²) in [7, 11) is 1.11. The lowest BCUT2D eigenvalue weighted by Gasteiger charge is -2.26. The van der Waals surface area contributed by atoms with Crippen LogP contribution in [0.1, 0.15) is 24.5 Å². The Morgan fingerprint density at radius 2 is 1.74 bits per heavy atom. The van der Waals surface area contributed by atoms with Gasteiger partial charge in [-0.25, -0.2) is 8.78 Å². The molecule has 0 unspecified atom stereocenters. The van der Waals surface area contributed by atoms with E-state index in [2.05, 4.69) is 4.90 Å². The van der Waals surface area contributed by atoms with Crippen molar-refractivity contribution in [3.8, 4) is 0 Å². The summed E-state index contributed by atoms with van der Waals surface area (Å²) in [6.07, 6.45) is 4.68. The van der Waals surface area contributed by atoms with E-state index in [4.69, 9.17) is 0 Å². The lowest BCUT2D eigenvalue weighted by molar-refractivity contribution is 0.296. The molecule has 4 heteroatoms. The summed E-state index contributed by atoms with van der Waals surface area (Å²) >= 11 is 0. The van der Waals surface area contributed by atoms with Crippen LogP contribution in [0.4, 0.5) is 8.78 Å². The fourth-order valence-corrected chi connectivity index (χ4v) is 3.72. The van der Waals surface area contributed by atoms with Gasteiger partial charge in [0.2, 0.25) is 0 Å². The van der Waals surface area contributed by atoms with Crippen LogP contribution in [0.15, 0.2) is 12.1 Å². The van der Waals surface area contributed by atoms with E-state index in [0.29, 0.717) is 24.0 Å². The van der Waals surface area contributed by atoms with E-state index < -0.39 is 11.6 Å². The van der Waals surface area contributed by atoms with Gasteiger partial charge in [-0.05, 0) is 49.3 Å². The fourth-order valence-electron chi connectivity index (χ4n) is 2.52. The van der Waals surface area contributed by atoms with Gasteiger partial charge in [0.05, 0.1) is 0 Å². The van der Waals surface area contributed by atoms with Crippen molar-refractivity contribution < 1.29 is 8.78 Å². The van der Waals surface area contributed by atoms with Gasteiger partial charge >= 0.3 is 0 Å². The Morgan fingerprint density at radius 1 is 1.11 bits per heavy atom. The van der Waals surface area contributed by atoms with E-state index >= 15 is 0 Å². The maximum absolute atomic E-state index is 13.8. The first-order valence-electron chi connectivity index (χ1n) is 7.11. The summed E-state index contributed by atoms with van der Waals surface area (Å²) < 4.78 is 27.5. The number of rotatable bonds is 5. The SMILES string of the molecule is CCc1ccc(CCCN2CCPCC2)c(F)c1F. The Labute approximate surface area is 116 Å². The Kier molecular flexibility index (Phi) is 5.72. The third-order valence-corrected chi connectivity index (χ3v) is 4.91. The van der Waals surface area contributed by atoms with E-state index in [1.165, 1.54) is 25.4 Å². The Morgan fingerprint density at radius 3 is 2.42 bits per heavy atom. The van der Waals surface area contributed by atoms with Gasteiger partial charge in [0, 0.05) is 13.1 Å². The Bertz CT molecular complexity index is 417. The van der Waals surface area contributed by atoms with Crippen molar-refractivity contribution in [3.05, 3.63) is 34.9 Å². The average Bonchev–Trinajstić information content (AvgIpc) is 2.45. The third kappa shape index (κ3) is 3.97. The van der Waals surface area contributed by atoms with E-state index in [-0.39, 0.29) is 0 Å². The smallest absolute Gasteiger partial charge is 0.162 e. The zero-order valence-corrected chi connectivity index (χ0v) is 12.5. The number of hydrogen-bond donors (Lipinski definition) is 0. The van der Waals surface area contributed by atoms with Crippen molar-refractivity contribution in [1.82, 2.24) is 4.90 Å². The maximum Gasteiger partial charge on any atom is 0.162 e. The average molecular weight is 285 g/mol. The van der Waals surface area contributed by atoms with Crippen molar-refractivity contribution in [3.63, 3.8) is 0 Å². The highest BCUT2D eigenvalue weighted by Gasteiger charge is 2.13. The molecule has 0 aromatic heterocycles. The van der Waals surface area contributed by atoms with Crippen LogP contribution >= 0.6 is 8.58 Å². The number of benzene rings is 1. The second-order valence-electron chi connectivity index (χ2n) is 5.06. The van der Waals surface area contributed by atoms with Gasteiger partial charge in [-0.3, -0.25) is 0 Å².